The number of rotatable bonds is 17. The van der Waals surface area contributed by atoms with Gasteiger partial charge in [-0.15, -0.1) is 0 Å². The van der Waals surface area contributed by atoms with Crippen LogP contribution in [0.5, 0.6) is 5.75 Å². The molecular weight excluding hydrogens is 959 g/mol. The summed E-state index contributed by atoms with van der Waals surface area (Å²) < 4.78 is 196. The van der Waals surface area contributed by atoms with Gasteiger partial charge < -0.3 is 13.7 Å². The van der Waals surface area contributed by atoms with Crippen LogP contribution in [0.25, 0.3) is 0 Å². The van der Waals surface area contributed by atoms with Crippen molar-refractivity contribution >= 4 is 42.3 Å². The van der Waals surface area contributed by atoms with E-state index in [1.807, 2.05) is 0 Å². The van der Waals surface area contributed by atoms with Gasteiger partial charge in [-0.05, 0) is 160 Å². The summed E-state index contributed by atoms with van der Waals surface area (Å²) in [5.74, 6) is -9.53. The number of hydrogen-bond donors (Lipinski definition) is 2. The number of para-hydroxylation sites is 1. The van der Waals surface area contributed by atoms with Crippen LogP contribution in [0.4, 0.5) is 26.3 Å². The Morgan fingerprint density at radius 3 is 1.64 bits per heavy atom. The third kappa shape index (κ3) is 8.89. The number of esters is 2. The minimum absolute atomic E-state index is 0.0256. The zero-order chi connectivity index (χ0) is 49.1. The molecule has 372 valence electrons. The van der Waals surface area contributed by atoms with Crippen molar-refractivity contribution in [3.8, 4) is 5.75 Å². The molecule has 10 rings (SSSR count). The lowest BCUT2D eigenvalue weighted by atomic mass is 9.44. The van der Waals surface area contributed by atoms with Crippen LogP contribution in [0, 0.1) is 52.3 Å². The molecule has 8 saturated carbocycles. The number of hydrogen-bond acceptors (Lipinski definition) is 11. The molecule has 0 heterocycles. The van der Waals surface area contributed by atoms with E-state index in [-0.39, 0.29) is 71.0 Å². The van der Waals surface area contributed by atoms with Gasteiger partial charge in [-0.25, -0.2) is 9.59 Å². The van der Waals surface area contributed by atoms with Gasteiger partial charge in [-0.3, -0.25) is 9.11 Å². The Kier molecular flexibility index (Phi) is 12.6. The van der Waals surface area contributed by atoms with Crippen molar-refractivity contribution in [1.29, 1.82) is 0 Å². The van der Waals surface area contributed by atoms with Crippen molar-refractivity contribution in [1.82, 2.24) is 0 Å². The lowest BCUT2D eigenvalue weighted by Crippen LogP contribution is -2.61. The van der Waals surface area contributed by atoms with Gasteiger partial charge >= 0.3 is 48.6 Å². The molecule has 8 aliphatic carbocycles. The number of carbonyl (C=O) groups is 2. The topological polar surface area (TPSA) is 205 Å². The first-order chi connectivity index (χ1) is 30.9. The van der Waals surface area contributed by atoms with E-state index in [1.165, 1.54) is 51.3 Å². The average molecular weight is 1010 g/mol. The van der Waals surface area contributed by atoms with Crippen molar-refractivity contribution in [2.45, 2.75) is 131 Å². The van der Waals surface area contributed by atoms with Crippen LogP contribution >= 0.6 is 0 Å². The standard InChI is InChI=1S/C45H54F6O13S3/c1-24(2)35-5-4-6-36(38(35)64-67(60,61)45(50,51)43(46,47)44(48,49)66(57,58)59)25(3)7-37-31-12-29-11-30(13-31)21-42(37,20-29)23-63-40(53)33-14-32(15-34(16-33)65(54,55)56)39(52)62-22-41-17-26-8-27(18-41)10-28(9-26)19-41/h4-6,14-16,24-31,37H,7-13,17-23H2,1-3H3,(H,54,55,56)(H,57,58,59). The summed E-state index contributed by atoms with van der Waals surface area (Å²) in [4.78, 5) is 26.8. The molecule has 13 nitrogen and oxygen atoms in total. The second kappa shape index (κ2) is 16.9. The van der Waals surface area contributed by atoms with Crippen molar-refractivity contribution in [3.63, 3.8) is 0 Å². The maximum Gasteiger partial charge on any atom is 0.450 e. The van der Waals surface area contributed by atoms with Crippen molar-refractivity contribution in [2.24, 2.45) is 52.3 Å². The van der Waals surface area contributed by atoms with E-state index in [9.17, 15) is 57.0 Å². The predicted molar refractivity (Wildman–Crippen MR) is 226 cm³/mol. The summed E-state index contributed by atoms with van der Waals surface area (Å²) >= 11 is 0. The van der Waals surface area contributed by atoms with Crippen LogP contribution in [0.3, 0.4) is 0 Å². The van der Waals surface area contributed by atoms with E-state index >= 15 is 8.78 Å². The molecule has 67 heavy (non-hydrogen) atoms. The highest BCUT2D eigenvalue weighted by atomic mass is 32.2. The SMILES string of the molecule is CC(C)c1cccc(C(C)CC2C3CC4CC(C3)CC2(COC(=O)c2cc(C(=O)OCC35CC6CC(CC(C6)C3)C5)cc(S(=O)(=O)O)c2)C4)c1OS(=O)(=O)C(F)(F)C(F)(F)C(F)(F)S(=O)(=O)O. The van der Waals surface area contributed by atoms with E-state index in [2.05, 4.69) is 4.18 Å². The monoisotopic (exact) mass is 1010 g/mol. The molecular formula is C45H54F6O13S3. The Hall–Kier alpha value is -3.47. The van der Waals surface area contributed by atoms with E-state index in [0.29, 0.717) is 30.6 Å². The highest BCUT2D eigenvalue weighted by Crippen LogP contribution is 2.65. The van der Waals surface area contributed by atoms with E-state index in [4.69, 9.17) is 14.0 Å². The van der Waals surface area contributed by atoms with Crippen molar-refractivity contribution in [2.75, 3.05) is 13.2 Å². The van der Waals surface area contributed by atoms with Gasteiger partial charge in [-0.2, -0.15) is 51.6 Å². The van der Waals surface area contributed by atoms with Crippen LogP contribution in [-0.2, 0) is 39.8 Å². The largest absolute Gasteiger partial charge is 0.462 e. The maximum absolute atomic E-state index is 15.1. The zero-order valence-electron chi connectivity index (χ0n) is 36.9. The summed E-state index contributed by atoms with van der Waals surface area (Å²) in [6.45, 7) is 4.52. The normalized spacial score (nSPS) is 31.0. The summed E-state index contributed by atoms with van der Waals surface area (Å²) in [6.07, 6.45) is 10.1. The van der Waals surface area contributed by atoms with Crippen molar-refractivity contribution < 1.29 is 83.9 Å². The minimum Gasteiger partial charge on any atom is -0.462 e. The molecule has 0 amide bonds. The maximum atomic E-state index is 15.1. The second-order valence-corrected chi connectivity index (χ2v) is 25.5. The number of benzene rings is 2. The van der Waals surface area contributed by atoms with Gasteiger partial charge in [0, 0.05) is 10.8 Å². The van der Waals surface area contributed by atoms with Gasteiger partial charge in [0.05, 0.1) is 29.2 Å². The summed E-state index contributed by atoms with van der Waals surface area (Å²) in [6, 6.07) is 6.96. The molecule has 2 N–H and O–H groups in total. The smallest absolute Gasteiger partial charge is 0.450 e. The summed E-state index contributed by atoms with van der Waals surface area (Å²) in [5.41, 5.74) is -1.67. The van der Waals surface area contributed by atoms with E-state index in [1.54, 1.807) is 6.92 Å². The Balaban J connectivity index is 1.04. The first-order valence-electron chi connectivity index (χ1n) is 22.5. The third-order valence-corrected chi connectivity index (χ3v) is 18.9. The minimum atomic E-state index is -7.27. The molecule has 0 saturated heterocycles. The first-order valence-corrected chi connectivity index (χ1v) is 26.8. The molecule has 0 aromatic heterocycles. The Bertz CT molecular complexity index is 2610. The Morgan fingerprint density at radius 1 is 0.687 bits per heavy atom. The fourth-order valence-corrected chi connectivity index (χ4v) is 15.7. The highest BCUT2D eigenvalue weighted by Gasteiger charge is 2.83. The van der Waals surface area contributed by atoms with Crippen LogP contribution in [-0.4, -0.2) is 75.9 Å². The molecule has 4 unspecified atom stereocenters. The molecule has 8 aliphatic rings. The predicted octanol–water partition coefficient (Wildman–Crippen LogP) is 9.64. The molecule has 8 bridgehead atoms. The van der Waals surface area contributed by atoms with Gasteiger partial charge in [0.25, 0.3) is 10.1 Å². The highest BCUT2D eigenvalue weighted by molar-refractivity contribution is 7.89. The zero-order valence-corrected chi connectivity index (χ0v) is 39.4. The Labute approximate surface area is 385 Å². The number of ether oxygens (including phenoxy) is 2. The first kappa shape index (κ1) is 49.9. The Morgan fingerprint density at radius 2 is 1.16 bits per heavy atom. The second-order valence-electron chi connectivity index (χ2n) is 21.0. The quantitative estimate of drug-likeness (QED) is 0.0656. The number of carbonyl (C=O) groups excluding carboxylic acids is 2. The fourth-order valence-electron chi connectivity index (χ4n) is 13.7. The van der Waals surface area contributed by atoms with Crippen LogP contribution in [0.2, 0.25) is 0 Å². The van der Waals surface area contributed by atoms with E-state index in [0.717, 1.165) is 56.7 Å². The molecule has 0 spiro atoms. The molecule has 0 radical (unpaired) electrons. The number of alkyl halides is 6. The van der Waals surface area contributed by atoms with Crippen LogP contribution < -0.4 is 4.18 Å². The van der Waals surface area contributed by atoms with E-state index < -0.39 is 86.6 Å². The van der Waals surface area contributed by atoms with Gasteiger partial charge in [0.15, 0.2) is 0 Å². The third-order valence-electron chi connectivity index (χ3n) is 15.9. The molecule has 4 atom stereocenters. The number of halogens is 6. The van der Waals surface area contributed by atoms with Crippen LogP contribution in [0.15, 0.2) is 41.3 Å². The lowest BCUT2D eigenvalue weighted by molar-refractivity contribution is -0.247. The molecule has 2 aromatic rings. The van der Waals surface area contributed by atoms with Gasteiger partial charge in [-0.1, -0.05) is 39.0 Å². The molecule has 22 heteroatoms. The molecule has 2 aromatic carbocycles. The van der Waals surface area contributed by atoms with Gasteiger partial charge in [0.1, 0.15) is 5.75 Å². The lowest BCUT2D eigenvalue weighted by Gasteiger charge is -2.61. The van der Waals surface area contributed by atoms with Crippen molar-refractivity contribution in [3.05, 3.63) is 58.7 Å². The van der Waals surface area contributed by atoms with Gasteiger partial charge in [0.2, 0.25) is 0 Å². The van der Waals surface area contributed by atoms with Crippen LogP contribution in [0.1, 0.15) is 141 Å². The molecule has 8 fully saturated rings. The molecule has 0 aliphatic heterocycles. The average Bonchev–Trinajstić information content (AvgIpc) is 3.21. The summed E-state index contributed by atoms with van der Waals surface area (Å²) in [5, 5.41) is -13.8. The fraction of sp³-hybridized carbons (Fsp3) is 0.689. The summed E-state index contributed by atoms with van der Waals surface area (Å²) in [7, 11) is -19.3.